The van der Waals surface area contributed by atoms with Crippen molar-refractivity contribution >= 4 is 0 Å². The molecule has 96 valence electrons. The van der Waals surface area contributed by atoms with E-state index in [2.05, 4.69) is 12.2 Å². The molecule has 16 heavy (non-hydrogen) atoms. The maximum atomic E-state index is 10.5. The lowest BCUT2D eigenvalue weighted by Gasteiger charge is -2.29. The maximum absolute atomic E-state index is 10.5. The van der Waals surface area contributed by atoms with Crippen molar-refractivity contribution in [1.29, 1.82) is 0 Å². The largest absolute Gasteiger partial charge is 0.389 e. The van der Waals surface area contributed by atoms with Crippen LogP contribution in [-0.4, -0.2) is 37.0 Å². The minimum atomic E-state index is -0.475. The topological polar surface area (TPSA) is 41.5 Å². The Balaban J connectivity index is 2.32. The van der Waals surface area contributed by atoms with Gasteiger partial charge in [-0.05, 0) is 19.3 Å². The van der Waals surface area contributed by atoms with Crippen LogP contribution in [0.4, 0.5) is 0 Å². The van der Waals surface area contributed by atoms with Gasteiger partial charge in [0.2, 0.25) is 0 Å². The number of ether oxygens (including phenoxy) is 1. The molecule has 2 N–H and O–H groups in total. The first-order chi connectivity index (χ1) is 7.70. The quantitative estimate of drug-likeness (QED) is 0.685. The van der Waals surface area contributed by atoms with Crippen LogP contribution in [0, 0.1) is 0 Å². The summed E-state index contributed by atoms with van der Waals surface area (Å²) in [5.74, 6) is 0. The van der Waals surface area contributed by atoms with E-state index in [9.17, 15) is 5.11 Å². The van der Waals surface area contributed by atoms with E-state index in [-0.39, 0.29) is 0 Å². The molecule has 1 aliphatic rings. The Morgan fingerprint density at radius 3 is 2.38 bits per heavy atom. The summed E-state index contributed by atoms with van der Waals surface area (Å²) in [5, 5.41) is 13.9. The Labute approximate surface area is 99.6 Å². The number of methoxy groups -OCH3 is 1. The summed E-state index contributed by atoms with van der Waals surface area (Å²) in [5.41, 5.74) is -0.475. The molecule has 1 saturated carbocycles. The molecule has 0 heterocycles. The summed E-state index contributed by atoms with van der Waals surface area (Å²) in [6.07, 6.45) is 7.82. The lowest BCUT2D eigenvalue weighted by atomic mass is 9.94. The molecule has 1 atom stereocenters. The molecule has 1 unspecified atom stereocenters. The van der Waals surface area contributed by atoms with E-state index in [1.54, 1.807) is 7.11 Å². The molecule has 1 aliphatic carbocycles. The molecule has 0 aliphatic heterocycles. The predicted molar refractivity (Wildman–Crippen MR) is 66.6 cm³/mol. The van der Waals surface area contributed by atoms with E-state index >= 15 is 0 Å². The highest BCUT2D eigenvalue weighted by molar-refractivity contribution is 4.84. The molecular formula is C13H27NO2. The SMILES string of the molecule is CCC(COC)NCC1(O)CCCCCC1. The minimum Gasteiger partial charge on any atom is -0.389 e. The molecule has 0 aromatic rings. The summed E-state index contributed by atoms with van der Waals surface area (Å²) >= 11 is 0. The van der Waals surface area contributed by atoms with Crippen LogP contribution in [0.2, 0.25) is 0 Å². The molecule has 1 rings (SSSR count). The van der Waals surface area contributed by atoms with E-state index in [1.165, 1.54) is 25.7 Å². The standard InChI is InChI=1S/C13H27NO2/c1-3-12(10-16-2)14-11-13(15)8-6-4-5-7-9-13/h12,14-15H,3-11H2,1-2H3. The molecule has 3 nitrogen and oxygen atoms in total. The fourth-order valence-electron chi connectivity index (χ4n) is 2.42. The van der Waals surface area contributed by atoms with Crippen molar-refractivity contribution < 1.29 is 9.84 Å². The summed E-state index contributed by atoms with van der Waals surface area (Å²) in [4.78, 5) is 0. The first kappa shape index (κ1) is 13.9. The molecule has 0 aromatic carbocycles. The Morgan fingerprint density at radius 2 is 1.88 bits per heavy atom. The second-order valence-electron chi connectivity index (χ2n) is 5.08. The number of aliphatic hydroxyl groups is 1. The van der Waals surface area contributed by atoms with Gasteiger partial charge in [0.05, 0.1) is 12.2 Å². The van der Waals surface area contributed by atoms with Crippen molar-refractivity contribution in [2.75, 3.05) is 20.3 Å². The number of hydrogen-bond donors (Lipinski definition) is 2. The molecule has 3 heteroatoms. The molecule has 0 spiro atoms. The van der Waals surface area contributed by atoms with Crippen LogP contribution in [0.15, 0.2) is 0 Å². The van der Waals surface area contributed by atoms with Crippen molar-refractivity contribution in [1.82, 2.24) is 5.32 Å². The molecule has 0 amide bonds. The zero-order valence-corrected chi connectivity index (χ0v) is 10.8. The number of rotatable bonds is 6. The Bertz CT molecular complexity index is 177. The normalized spacial score (nSPS) is 22.7. The molecule has 0 saturated heterocycles. The Kier molecular flexibility index (Phi) is 6.32. The van der Waals surface area contributed by atoms with Crippen molar-refractivity contribution in [3.8, 4) is 0 Å². The molecule has 0 bridgehead atoms. The van der Waals surface area contributed by atoms with Crippen molar-refractivity contribution in [2.45, 2.75) is 63.5 Å². The van der Waals surface area contributed by atoms with Gasteiger partial charge in [-0.25, -0.2) is 0 Å². The number of nitrogens with one attached hydrogen (secondary N) is 1. The van der Waals surface area contributed by atoms with Crippen LogP contribution < -0.4 is 5.32 Å². The van der Waals surface area contributed by atoms with Gasteiger partial charge in [-0.2, -0.15) is 0 Å². The van der Waals surface area contributed by atoms with Crippen LogP contribution in [0.3, 0.4) is 0 Å². The van der Waals surface area contributed by atoms with Gasteiger partial charge in [0.15, 0.2) is 0 Å². The van der Waals surface area contributed by atoms with Crippen LogP contribution in [-0.2, 0) is 4.74 Å². The Morgan fingerprint density at radius 1 is 1.25 bits per heavy atom. The smallest absolute Gasteiger partial charge is 0.0771 e. The monoisotopic (exact) mass is 229 g/mol. The fraction of sp³-hybridized carbons (Fsp3) is 1.00. The van der Waals surface area contributed by atoms with Gasteiger partial charge in [0, 0.05) is 19.7 Å². The molecule has 1 fully saturated rings. The highest BCUT2D eigenvalue weighted by atomic mass is 16.5. The third-order valence-electron chi connectivity index (χ3n) is 3.61. The highest BCUT2D eigenvalue weighted by Gasteiger charge is 2.28. The first-order valence-corrected chi connectivity index (χ1v) is 6.65. The van der Waals surface area contributed by atoms with Gasteiger partial charge < -0.3 is 15.2 Å². The lowest BCUT2D eigenvalue weighted by molar-refractivity contribution is 0.0194. The van der Waals surface area contributed by atoms with Gasteiger partial charge in [-0.1, -0.05) is 32.6 Å². The average molecular weight is 229 g/mol. The molecule has 0 radical (unpaired) electrons. The predicted octanol–water partition coefficient (Wildman–Crippen LogP) is 2.09. The summed E-state index contributed by atoms with van der Waals surface area (Å²) in [6.45, 7) is 3.59. The van der Waals surface area contributed by atoms with Crippen LogP contribution in [0.1, 0.15) is 51.9 Å². The van der Waals surface area contributed by atoms with Crippen LogP contribution in [0.5, 0.6) is 0 Å². The summed E-state index contributed by atoms with van der Waals surface area (Å²) < 4.78 is 5.15. The fourth-order valence-corrected chi connectivity index (χ4v) is 2.42. The zero-order valence-electron chi connectivity index (χ0n) is 10.8. The second kappa shape index (κ2) is 7.25. The highest BCUT2D eigenvalue weighted by Crippen LogP contribution is 2.26. The Hall–Kier alpha value is -0.120. The average Bonchev–Trinajstić information content (AvgIpc) is 2.50. The third-order valence-corrected chi connectivity index (χ3v) is 3.61. The first-order valence-electron chi connectivity index (χ1n) is 6.65. The van der Waals surface area contributed by atoms with E-state index in [4.69, 9.17) is 4.74 Å². The zero-order chi connectivity index (χ0) is 11.9. The molecular weight excluding hydrogens is 202 g/mol. The minimum absolute atomic E-state index is 0.372. The van der Waals surface area contributed by atoms with E-state index in [0.717, 1.165) is 32.4 Å². The van der Waals surface area contributed by atoms with Crippen LogP contribution in [0.25, 0.3) is 0 Å². The van der Waals surface area contributed by atoms with Crippen molar-refractivity contribution in [2.24, 2.45) is 0 Å². The summed E-state index contributed by atoms with van der Waals surface area (Å²) in [6, 6.07) is 0.372. The second-order valence-corrected chi connectivity index (χ2v) is 5.08. The van der Waals surface area contributed by atoms with Gasteiger partial charge in [-0.3, -0.25) is 0 Å². The van der Waals surface area contributed by atoms with E-state index in [0.29, 0.717) is 6.04 Å². The maximum Gasteiger partial charge on any atom is 0.0771 e. The van der Waals surface area contributed by atoms with E-state index < -0.39 is 5.60 Å². The van der Waals surface area contributed by atoms with Gasteiger partial charge in [0.1, 0.15) is 0 Å². The number of hydrogen-bond acceptors (Lipinski definition) is 3. The lowest BCUT2D eigenvalue weighted by Crippen LogP contribution is -2.45. The van der Waals surface area contributed by atoms with E-state index in [1.807, 2.05) is 0 Å². The van der Waals surface area contributed by atoms with Crippen LogP contribution >= 0.6 is 0 Å². The van der Waals surface area contributed by atoms with Crippen molar-refractivity contribution in [3.63, 3.8) is 0 Å². The summed E-state index contributed by atoms with van der Waals surface area (Å²) in [7, 11) is 1.73. The van der Waals surface area contributed by atoms with Gasteiger partial charge in [-0.15, -0.1) is 0 Å². The van der Waals surface area contributed by atoms with Gasteiger partial charge in [0.25, 0.3) is 0 Å². The van der Waals surface area contributed by atoms with Gasteiger partial charge >= 0.3 is 0 Å². The third kappa shape index (κ3) is 4.81. The molecule has 0 aromatic heterocycles. The van der Waals surface area contributed by atoms with Crippen molar-refractivity contribution in [3.05, 3.63) is 0 Å².